The van der Waals surface area contributed by atoms with E-state index in [1.54, 1.807) is 0 Å². The molecule has 1 aliphatic heterocycles. The molecule has 0 atom stereocenters. The first kappa shape index (κ1) is 31.1. The summed E-state index contributed by atoms with van der Waals surface area (Å²) in [5.74, 6) is 0.262. The van der Waals surface area contributed by atoms with E-state index >= 15 is 0 Å². The fourth-order valence-corrected chi connectivity index (χ4v) is 6.61. The van der Waals surface area contributed by atoms with Crippen LogP contribution in [0.1, 0.15) is 64.5 Å². The molecule has 0 unspecified atom stereocenters. The van der Waals surface area contributed by atoms with Crippen molar-refractivity contribution in [3.05, 3.63) is 53.6 Å². The fourth-order valence-electron chi connectivity index (χ4n) is 4.98. The first-order valence-electron chi connectivity index (χ1n) is 13.8. The molecule has 0 radical (unpaired) electrons. The van der Waals surface area contributed by atoms with Crippen molar-refractivity contribution < 1.29 is 32.2 Å². The number of ether oxygens (including phenoxy) is 4. The van der Waals surface area contributed by atoms with Crippen molar-refractivity contribution in [2.24, 2.45) is 0 Å². The summed E-state index contributed by atoms with van der Waals surface area (Å²) in [5, 5.41) is 0. The SMILES string of the molecule is CCOC(COc1cccc(-c2ccc(C3CCN(S(=O)(=O)C(C)(C)C(=O)OC)CC3)cc2CC)c1)OCC. The molecule has 2 aromatic rings. The summed E-state index contributed by atoms with van der Waals surface area (Å²) in [6, 6.07) is 14.6. The Bertz CT molecular complexity index is 1200. The Morgan fingerprint density at radius 1 is 1.03 bits per heavy atom. The molecule has 3 rings (SSSR count). The highest BCUT2D eigenvalue weighted by Crippen LogP contribution is 2.35. The van der Waals surface area contributed by atoms with Crippen LogP contribution in [0.25, 0.3) is 11.1 Å². The highest BCUT2D eigenvalue weighted by Gasteiger charge is 2.47. The lowest BCUT2D eigenvalue weighted by atomic mass is 9.86. The van der Waals surface area contributed by atoms with Crippen molar-refractivity contribution in [3.63, 3.8) is 0 Å². The van der Waals surface area contributed by atoms with Gasteiger partial charge >= 0.3 is 5.97 Å². The number of carbonyl (C=O) groups is 1. The molecule has 216 valence electrons. The van der Waals surface area contributed by atoms with Gasteiger partial charge in [-0.3, -0.25) is 4.79 Å². The molecule has 0 saturated carbocycles. The Kier molecular flexibility index (Phi) is 11.0. The van der Waals surface area contributed by atoms with Gasteiger partial charge in [-0.05, 0) is 87.3 Å². The van der Waals surface area contributed by atoms with Gasteiger partial charge in [-0.1, -0.05) is 37.3 Å². The van der Waals surface area contributed by atoms with Gasteiger partial charge in [0.1, 0.15) is 12.4 Å². The van der Waals surface area contributed by atoms with Crippen LogP contribution in [0.5, 0.6) is 5.75 Å². The molecule has 8 nitrogen and oxygen atoms in total. The smallest absolute Gasteiger partial charge is 0.328 e. The molecule has 39 heavy (non-hydrogen) atoms. The lowest BCUT2D eigenvalue weighted by Crippen LogP contribution is -2.52. The van der Waals surface area contributed by atoms with Crippen molar-refractivity contribution in [1.82, 2.24) is 4.31 Å². The van der Waals surface area contributed by atoms with Crippen LogP contribution in [-0.4, -0.2) is 69.7 Å². The average molecular weight is 562 g/mol. The summed E-state index contributed by atoms with van der Waals surface area (Å²) in [6.45, 7) is 11.0. The monoisotopic (exact) mass is 561 g/mol. The molecule has 1 aliphatic rings. The number of benzene rings is 2. The molecule has 0 aliphatic carbocycles. The summed E-state index contributed by atoms with van der Waals surface area (Å²) < 4.78 is 48.0. The van der Waals surface area contributed by atoms with E-state index < -0.39 is 27.0 Å². The van der Waals surface area contributed by atoms with E-state index in [2.05, 4.69) is 31.2 Å². The van der Waals surface area contributed by atoms with Crippen LogP contribution in [0.4, 0.5) is 0 Å². The molecular formula is C30H43NO7S. The summed E-state index contributed by atoms with van der Waals surface area (Å²) in [6.07, 6.45) is 1.86. The van der Waals surface area contributed by atoms with Crippen molar-refractivity contribution in [1.29, 1.82) is 0 Å². The first-order chi connectivity index (χ1) is 18.6. The van der Waals surface area contributed by atoms with Gasteiger partial charge in [0.2, 0.25) is 10.0 Å². The number of rotatable bonds is 13. The third-order valence-corrected chi connectivity index (χ3v) is 9.83. The number of hydrogen-bond donors (Lipinski definition) is 0. The van der Waals surface area contributed by atoms with Gasteiger partial charge in [-0.15, -0.1) is 0 Å². The van der Waals surface area contributed by atoms with Gasteiger partial charge in [0.05, 0.1) is 7.11 Å². The maximum Gasteiger partial charge on any atom is 0.328 e. The predicted octanol–water partition coefficient (Wildman–Crippen LogP) is 5.15. The molecule has 0 aromatic heterocycles. The van der Waals surface area contributed by atoms with Crippen LogP contribution < -0.4 is 4.74 Å². The van der Waals surface area contributed by atoms with Gasteiger partial charge in [0.15, 0.2) is 11.0 Å². The number of esters is 1. The molecule has 0 amide bonds. The Balaban J connectivity index is 1.72. The highest BCUT2D eigenvalue weighted by molar-refractivity contribution is 7.91. The molecule has 1 fully saturated rings. The maximum absolute atomic E-state index is 13.1. The number of sulfonamides is 1. The fraction of sp³-hybridized carbons (Fsp3) is 0.567. The Morgan fingerprint density at radius 3 is 2.28 bits per heavy atom. The zero-order valence-corrected chi connectivity index (χ0v) is 24.9. The molecule has 1 saturated heterocycles. The average Bonchev–Trinajstić information content (AvgIpc) is 2.95. The topological polar surface area (TPSA) is 91.4 Å². The van der Waals surface area contributed by atoms with E-state index in [1.165, 1.54) is 36.4 Å². The largest absolute Gasteiger partial charge is 0.488 e. The lowest BCUT2D eigenvalue weighted by molar-refractivity contribution is -0.152. The van der Waals surface area contributed by atoms with Crippen molar-refractivity contribution in [3.8, 4) is 16.9 Å². The van der Waals surface area contributed by atoms with Crippen LogP contribution >= 0.6 is 0 Å². The third kappa shape index (κ3) is 7.20. The Labute approximate surface area is 233 Å². The normalized spacial score (nSPS) is 15.5. The minimum absolute atomic E-state index is 0.251. The zero-order chi connectivity index (χ0) is 28.6. The Morgan fingerprint density at radius 2 is 1.69 bits per heavy atom. The highest BCUT2D eigenvalue weighted by atomic mass is 32.2. The van der Waals surface area contributed by atoms with E-state index in [4.69, 9.17) is 18.9 Å². The second kappa shape index (κ2) is 13.7. The van der Waals surface area contributed by atoms with Crippen LogP contribution in [0.2, 0.25) is 0 Å². The van der Waals surface area contributed by atoms with E-state index in [0.717, 1.165) is 23.3 Å². The van der Waals surface area contributed by atoms with Crippen molar-refractivity contribution >= 4 is 16.0 Å². The molecule has 1 heterocycles. The minimum atomic E-state index is -3.82. The summed E-state index contributed by atoms with van der Waals surface area (Å²) in [4.78, 5) is 12.1. The van der Waals surface area contributed by atoms with Crippen LogP contribution in [0.3, 0.4) is 0 Å². The summed E-state index contributed by atoms with van der Waals surface area (Å²) >= 11 is 0. The van der Waals surface area contributed by atoms with E-state index in [0.29, 0.717) is 45.8 Å². The van der Waals surface area contributed by atoms with Gasteiger partial charge < -0.3 is 18.9 Å². The van der Waals surface area contributed by atoms with Crippen LogP contribution in [0.15, 0.2) is 42.5 Å². The number of aryl methyl sites for hydroxylation is 1. The summed E-state index contributed by atoms with van der Waals surface area (Å²) in [7, 11) is -2.61. The standard InChI is InChI=1S/C30H43NO7S/c1-7-22-19-24(23-15-17-31(18-16-23)39(33,34)30(4,5)29(32)35-6)13-14-27(22)25-11-10-12-26(20-25)38-21-28(36-8-2)37-9-3/h10-14,19-20,23,28H,7-9,15-18,21H2,1-6H3. The van der Waals surface area contributed by atoms with Crippen LogP contribution in [-0.2, 0) is 35.4 Å². The second-order valence-electron chi connectivity index (χ2n) is 10.1. The second-order valence-corrected chi connectivity index (χ2v) is 12.6. The molecular weight excluding hydrogens is 518 g/mol. The van der Waals surface area contributed by atoms with Gasteiger partial charge in [-0.25, -0.2) is 12.7 Å². The molecule has 0 bridgehead atoms. The predicted molar refractivity (Wildman–Crippen MR) is 152 cm³/mol. The van der Waals surface area contributed by atoms with Crippen molar-refractivity contribution in [2.45, 2.75) is 70.8 Å². The molecule has 0 spiro atoms. The van der Waals surface area contributed by atoms with Gasteiger partial charge in [-0.2, -0.15) is 0 Å². The number of carbonyl (C=O) groups excluding carboxylic acids is 1. The number of methoxy groups -OCH3 is 1. The third-order valence-electron chi connectivity index (χ3n) is 7.33. The molecule has 0 N–H and O–H groups in total. The number of nitrogens with zero attached hydrogens (tertiary/aromatic N) is 1. The van der Waals surface area contributed by atoms with E-state index in [1.807, 2.05) is 32.0 Å². The van der Waals surface area contributed by atoms with Gasteiger partial charge in [0.25, 0.3) is 0 Å². The van der Waals surface area contributed by atoms with Gasteiger partial charge in [0, 0.05) is 26.3 Å². The molecule has 9 heteroatoms. The van der Waals surface area contributed by atoms with E-state index in [9.17, 15) is 13.2 Å². The quantitative estimate of drug-likeness (QED) is 0.247. The first-order valence-corrected chi connectivity index (χ1v) is 15.2. The number of hydrogen-bond acceptors (Lipinski definition) is 7. The van der Waals surface area contributed by atoms with E-state index in [-0.39, 0.29) is 5.92 Å². The summed E-state index contributed by atoms with van der Waals surface area (Å²) in [5.41, 5.74) is 4.67. The molecule has 2 aromatic carbocycles. The Hall–Kier alpha value is -2.46. The minimum Gasteiger partial charge on any atom is -0.488 e. The lowest BCUT2D eigenvalue weighted by Gasteiger charge is -2.36. The number of piperidine rings is 1. The van der Waals surface area contributed by atoms with Crippen LogP contribution in [0, 0.1) is 0 Å². The maximum atomic E-state index is 13.1. The zero-order valence-electron chi connectivity index (χ0n) is 24.1. The van der Waals surface area contributed by atoms with Crippen molar-refractivity contribution in [2.75, 3.05) is 40.0 Å².